The van der Waals surface area contributed by atoms with Gasteiger partial charge in [0, 0.05) is 55.4 Å². The number of carbonyl (C=O) groups is 1. The number of piperazine rings is 1. The molecule has 0 spiro atoms. The summed E-state index contributed by atoms with van der Waals surface area (Å²) in [6.07, 6.45) is 3.14. The van der Waals surface area contributed by atoms with E-state index >= 15 is 0 Å². The van der Waals surface area contributed by atoms with Gasteiger partial charge in [-0.3, -0.25) is 4.79 Å². The molecule has 5 heterocycles. The molecule has 210 valence electrons. The van der Waals surface area contributed by atoms with E-state index in [0.29, 0.717) is 37.7 Å². The molecule has 1 amide bonds. The van der Waals surface area contributed by atoms with Gasteiger partial charge in [-0.1, -0.05) is 35.9 Å². The van der Waals surface area contributed by atoms with E-state index in [1.54, 1.807) is 4.90 Å². The van der Waals surface area contributed by atoms with Crippen molar-refractivity contribution >= 4 is 45.3 Å². The Morgan fingerprint density at radius 2 is 1.95 bits per heavy atom. The maximum absolute atomic E-state index is 13.6. The van der Waals surface area contributed by atoms with Gasteiger partial charge in [0.25, 0.3) is 5.91 Å². The number of ether oxygens (including phenoxy) is 1. The second kappa shape index (κ2) is 10.1. The number of halogens is 1. The van der Waals surface area contributed by atoms with Crippen LogP contribution < -0.4 is 24.8 Å². The normalized spacial score (nSPS) is 24.8. The number of likely N-dealkylation sites (N-methyl/N-ethyl adjacent to an activating group) is 2. The Morgan fingerprint density at radius 1 is 1.12 bits per heavy atom. The largest absolute Gasteiger partial charge is 0.474 e. The van der Waals surface area contributed by atoms with Gasteiger partial charge < -0.3 is 29.7 Å². The van der Waals surface area contributed by atoms with Crippen molar-refractivity contribution < 1.29 is 9.53 Å². The van der Waals surface area contributed by atoms with Crippen molar-refractivity contribution in [3.8, 4) is 5.88 Å². The monoisotopic (exact) mass is 560 g/mol. The number of anilines is 3. The van der Waals surface area contributed by atoms with Gasteiger partial charge in [-0.15, -0.1) is 0 Å². The Labute approximate surface area is 240 Å². The maximum atomic E-state index is 13.6. The quantitative estimate of drug-likeness (QED) is 0.516. The lowest BCUT2D eigenvalue weighted by atomic mass is 9.94. The van der Waals surface area contributed by atoms with Crippen molar-refractivity contribution in [3.63, 3.8) is 0 Å². The number of amides is 1. The molecule has 4 aliphatic heterocycles. The van der Waals surface area contributed by atoms with Crippen LogP contribution in [-0.4, -0.2) is 80.8 Å². The molecule has 0 saturated carbocycles. The number of aromatic nitrogens is 1. The first-order valence-corrected chi connectivity index (χ1v) is 14.9. The summed E-state index contributed by atoms with van der Waals surface area (Å²) >= 11 is 6.72. The minimum Gasteiger partial charge on any atom is -0.474 e. The first-order chi connectivity index (χ1) is 19.4. The van der Waals surface area contributed by atoms with Gasteiger partial charge in [0.05, 0.1) is 22.9 Å². The summed E-state index contributed by atoms with van der Waals surface area (Å²) in [5, 5.41) is 6.49. The molecule has 0 unspecified atom stereocenters. The SMILES string of the molecule is C[C@@H]1CN2c3c4c(nc(OC[C@@H]5CCCN5C)c3N(C)C(=O)[C@H]2CN1)CN(c1cccc2cccc(Cl)c12)CC4. The fourth-order valence-corrected chi connectivity index (χ4v) is 7.34. The predicted octanol–water partition coefficient (Wildman–Crippen LogP) is 4.07. The van der Waals surface area contributed by atoms with Crippen LogP contribution in [0.25, 0.3) is 10.8 Å². The van der Waals surface area contributed by atoms with Crippen LogP contribution in [0.15, 0.2) is 36.4 Å². The van der Waals surface area contributed by atoms with Crippen LogP contribution in [0.4, 0.5) is 17.1 Å². The van der Waals surface area contributed by atoms with Gasteiger partial charge >= 0.3 is 0 Å². The molecule has 3 atom stereocenters. The first kappa shape index (κ1) is 25.9. The van der Waals surface area contributed by atoms with Gasteiger partial charge in [0.15, 0.2) is 0 Å². The third kappa shape index (κ3) is 4.19. The number of nitrogens with one attached hydrogen (secondary N) is 1. The van der Waals surface area contributed by atoms with Crippen molar-refractivity contribution in [2.75, 3.05) is 61.6 Å². The molecule has 40 heavy (non-hydrogen) atoms. The third-order valence-electron chi connectivity index (χ3n) is 9.27. The average Bonchev–Trinajstić information content (AvgIpc) is 3.38. The van der Waals surface area contributed by atoms with E-state index in [0.717, 1.165) is 71.0 Å². The molecule has 0 bridgehead atoms. The van der Waals surface area contributed by atoms with Crippen LogP contribution in [0.1, 0.15) is 31.0 Å². The average molecular weight is 561 g/mol. The van der Waals surface area contributed by atoms with Crippen molar-refractivity contribution in [3.05, 3.63) is 52.7 Å². The highest BCUT2D eigenvalue weighted by Crippen LogP contribution is 2.47. The Hall–Kier alpha value is -3.07. The number of rotatable bonds is 4. The number of carbonyl (C=O) groups excluding carboxylic acids is 1. The highest BCUT2D eigenvalue weighted by Gasteiger charge is 2.44. The topological polar surface area (TPSA) is 64.2 Å². The van der Waals surface area contributed by atoms with E-state index in [-0.39, 0.29) is 11.9 Å². The van der Waals surface area contributed by atoms with E-state index in [9.17, 15) is 4.79 Å². The predicted molar refractivity (Wildman–Crippen MR) is 161 cm³/mol. The number of hydrogen-bond donors (Lipinski definition) is 1. The zero-order valence-corrected chi connectivity index (χ0v) is 24.2. The van der Waals surface area contributed by atoms with Gasteiger partial charge in [-0.25, -0.2) is 4.98 Å². The summed E-state index contributed by atoms with van der Waals surface area (Å²) in [6.45, 7) is 6.78. The van der Waals surface area contributed by atoms with Gasteiger partial charge in [0.2, 0.25) is 5.88 Å². The van der Waals surface area contributed by atoms with E-state index < -0.39 is 0 Å². The zero-order chi connectivity index (χ0) is 27.5. The zero-order valence-electron chi connectivity index (χ0n) is 23.5. The van der Waals surface area contributed by atoms with Crippen LogP contribution in [-0.2, 0) is 17.8 Å². The molecule has 4 aliphatic rings. The lowest BCUT2D eigenvalue weighted by Crippen LogP contribution is -2.64. The van der Waals surface area contributed by atoms with E-state index in [2.05, 4.69) is 58.3 Å². The van der Waals surface area contributed by atoms with Crippen molar-refractivity contribution in [2.24, 2.45) is 0 Å². The minimum absolute atomic E-state index is 0.0966. The van der Waals surface area contributed by atoms with Crippen LogP contribution in [0.2, 0.25) is 5.02 Å². The standard InChI is InChI=1S/C31H37ClN6O2/c1-19-16-38-26(15-33-19)31(39)36(3)29-28(38)22-12-14-37(25-11-5-8-20-7-4-10-23(32)27(20)25)17-24(22)34-30(29)40-18-21-9-6-13-35(21)2/h4-5,7-8,10-11,19,21,26,33H,6,9,12-18H2,1-3H3/t19-,21+,26-/m1/s1. The molecule has 1 aromatic heterocycles. The fraction of sp³-hybridized carbons (Fsp3) is 0.484. The summed E-state index contributed by atoms with van der Waals surface area (Å²) in [6, 6.07) is 12.9. The number of nitrogens with zero attached hydrogens (tertiary/aromatic N) is 5. The van der Waals surface area contributed by atoms with E-state index in [1.165, 1.54) is 12.0 Å². The highest BCUT2D eigenvalue weighted by atomic mass is 35.5. The molecule has 0 radical (unpaired) electrons. The van der Waals surface area contributed by atoms with Crippen molar-refractivity contribution in [2.45, 2.75) is 50.9 Å². The summed E-state index contributed by atoms with van der Waals surface area (Å²) < 4.78 is 6.55. The highest BCUT2D eigenvalue weighted by molar-refractivity contribution is 6.36. The summed E-state index contributed by atoms with van der Waals surface area (Å²) in [7, 11) is 4.04. The first-order valence-electron chi connectivity index (χ1n) is 14.5. The number of pyridine rings is 1. The molecule has 9 heteroatoms. The third-order valence-corrected chi connectivity index (χ3v) is 9.59. The van der Waals surface area contributed by atoms with Gasteiger partial charge in [0.1, 0.15) is 18.3 Å². The number of likely N-dealkylation sites (tertiary alicyclic amines) is 1. The van der Waals surface area contributed by atoms with Crippen LogP contribution in [0, 0.1) is 0 Å². The van der Waals surface area contributed by atoms with E-state index in [1.807, 2.05) is 19.2 Å². The molecule has 3 aromatic rings. The van der Waals surface area contributed by atoms with Gasteiger partial charge in [-0.2, -0.15) is 0 Å². The molecular weight excluding hydrogens is 524 g/mol. The molecule has 2 aromatic carbocycles. The molecule has 2 fully saturated rings. The molecule has 0 aliphatic carbocycles. The molecule has 2 saturated heterocycles. The maximum Gasteiger partial charge on any atom is 0.250 e. The molecule has 1 N–H and O–H groups in total. The van der Waals surface area contributed by atoms with Crippen LogP contribution in [0.3, 0.4) is 0 Å². The lowest BCUT2D eigenvalue weighted by molar-refractivity contribution is -0.120. The van der Waals surface area contributed by atoms with Crippen molar-refractivity contribution in [1.82, 2.24) is 15.2 Å². The minimum atomic E-state index is -0.219. The Kier molecular flexibility index (Phi) is 6.52. The summed E-state index contributed by atoms with van der Waals surface area (Å²) in [5.74, 6) is 0.673. The molecule has 7 rings (SSSR count). The Balaban J connectivity index is 1.33. The van der Waals surface area contributed by atoms with Crippen LogP contribution in [0.5, 0.6) is 5.88 Å². The fourth-order valence-electron chi connectivity index (χ4n) is 7.06. The second-order valence-electron chi connectivity index (χ2n) is 11.8. The number of hydrogen-bond acceptors (Lipinski definition) is 7. The summed E-state index contributed by atoms with van der Waals surface area (Å²) in [4.78, 5) is 27.6. The lowest BCUT2D eigenvalue weighted by Gasteiger charge is -2.48. The van der Waals surface area contributed by atoms with Gasteiger partial charge in [-0.05, 0) is 57.3 Å². The number of benzene rings is 2. The van der Waals surface area contributed by atoms with Crippen LogP contribution >= 0.6 is 11.6 Å². The Morgan fingerprint density at radius 3 is 2.75 bits per heavy atom. The van der Waals surface area contributed by atoms with E-state index in [4.69, 9.17) is 21.3 Å². The second-order valence-corrected chi connectivity index (χ2v) is 12.2. The number of fused-ring (bicyclic) bond motifs is 6. The Bertz CT molecular complexity index is 1470. The van der Waals surface area contributed by atoms with Crippen molar-refractivity contribution in [1.29, 1.82) is 0 Å². The molecular formula is C31H37ClN6O2. The summed E-state index contributed by atoms with van der Waals surface area (Å²) in [5.41, 5.74) is 5.36. The molecule has 8 nitrogen and oxygen atoms in total. The smallest absolute Gasteiger partial charge is 0.250 e.